The fraction of sp³-hybridized carbons (Fsp3) is 0.0833. The summed E-state index contributed by atoms with van der Waals surface area (Å²) in [6, 6.07) is 4.86. The Labute approximate surface area is 102 Å². The third-order valence-corrected chi connectivity index (χ3v) is 2.86. The molecule has 0 saturated heterocycles. The van der Waals surface area contributed by atoms with Crippen molar-refractivity contribution in [3.63, 3.8) is 0 Å². The van der Waals surface area contributed by atoms with Crippen molar-refractivity contribution < 1.29 is 14.1 Å². The summed E-state index contributed by atoms with van der Waals surface area (Å²) in [5, 5.41) is 3.53. The van der Waals surface area contributed by atoms with E-state index in [1.807, 2.05) is 0 Å². The van der Waals surface area contributed by atoms with Crippen LogP contribution in [0.15, 0.2) is 35.2 Å². The molecule has 1 aromatic carbocycles. The minimum atomic E-state index is -0.380. The fourth-order valence-electron chi connectivity index (χ4n) is 1.99. The van der Waals surface area contributed by atoms with Crippen LogP contribution in [0.25, 0.3) is 0 Å². The summed E-state index contributed by atoms with van der Waals surface area (Å²) < 4.78 is 4.67. The van der Waals surface area contributed by atoms with Crippen molar-refractivity contribution >= 4 is 17.5 Å². The molecule has 0 aliphatic carbocycles. The third kappa shape index (κ3) is 1.39. The lowest BCUT2D eigenvalue weighted by Gasteiger charge is -2.11. The Morgan fingerprint density at radius 1 is 1.28 bits per heavy atom. The Hall–Kier alpha value is -2.63. The van der Waals surface area contributed by atoms with Crippen molar-refractivity contribution in [3.05, 3.63) is 47.3 Å². The van der Waals surface area contributed by atoms with Crippen LogP contribution in [0.5, 0.6) is 0 Å². The van der Waals surface area contributed by atoms with E-state index in [1.54, 1.807) is 18.2 Å². The number of hydrogen-bond donors (Lipinski definition) is 1. The smallest absolute Gasteiger partial charge is 0.263 e. The molecule has 3 rings (SSSR count). The molecule has 1 aromatic heterocycles. The number of hydrogen-bond acceptors (Lipinski definition) is 5. The zero-order valence-electron chi connectivity index (χ0n) is 9.29. The summed E-state index contributed by atoms with van der Waals surface area (Å²) in [5.74, 6) is -0.724. The Morgan fingerprint density at radius 3 is 2.78 bits per heavy atom. The number of benzene rings is 1. The lowest BCUT2D eigenvalue weighted by atomic mass is 10.1. The highest BCUT2D eigenvalue weighted by Gasteiger charge is 2.37. The van der Waals surface area contributed by atoms with Crippen LogP contribution in [0.2, 0.25) is 0 Å². The van der Waals surface area contributed by atoms with Gasteiger partial charge in [0.15, 0.2) is 0 Å². The van der Waals surface area contributed by atoms with E-state index in [0.29, 0.717) is 16.8 Å². The standard InChI is InChI=1S/C12H9N3O3/c13-9-3-1-2-8-10(9)12(17)15(11(8)16)5-7-4-14-18-6-7/h1-4,6H,5,13H2. The molecule has 0 saturated carbocycles. The first-order chi connectivity index (χ1) is 8.68. The van der Waals surface area contributed by atoms with Crippen LogP contribution >= 0.6 is 0 Å². The van der Waals surface area contributed by atoms with Gasteiger partial charge in [-0.05, 0) is 12.1 Å². The molecule has 2 aromatic rings. The van der Waals surface area contributed by atoms with Gasteiger partial charge in [0, 0.05) is 11.3 Å². The van der Waals surface area contributed by atoms with Gasteiger partial charge in [0.05, 0.1) is 23.9 Å². The van der Waals surface area contributed by atoms with Gasteiger partial charge in [-0.15, -0.1) is 0 Å². The van der Waals surface area contributed by atoms with E-state index in [-0.39, 0.29) is 23.9 Å². The normalized spacial score (nSPS) is 14.1. The number of amides is 2. The Morgan fingerprint density at radius 2 is 2.11 bits per heavy atom. The van der Waals surface area contributed by atoms with E-state index < -0.39 is 0 Å². The van der Waals surface area contributed by atoms with Gasteiger partial charge in [-0.2, -0.15) is 0 Å². The van der Waals surface area contributed by atoms with Crippen LogP contribution in [-0.2, 0) is 6.54 Å². The zero-order valence-corrected chi connectivity index (χ0v) is 9.29. The van der Waals surface area contributed by atoms with Crippen molar-refractivity contribution in [1.29, 1.82) is 0 Å². The quantitative estimate of drug-likeness (QED) is 0.629. The van der Waals surface area contributed by atoms with Gasteiger partial charge in [0.2, 0.25) is 0 Å². The highest BCUT2D eigenvalue weighted by molar-refractivity contribution is 6.23. The molecule has 2 N–H and O–H groups in total. The van der Waals surface area contributed by atoms with E-state index in [0.717, 1.165) is 4.90 Å². The second-order valence-electron chi connectivity index (χ2n) is 4.00. The number of anilines is 1. The van der Waals surface area contributed by atoms with E-state index in [9.17, 15) is 9.59 Å². The molecule has 1 aliphatic heterocycles. The van der Waals surface area contributed by atoms with E-state index in [2.05, 4.69) is 9.68 Å². The molecule has 2 heterocycles. The topological polar surface area (TPSA) is 89.4 Å². The van der Waals surface area contributed by atoms with Gasteiger partial charge in [-0.25, -0.2) is 0 Å². The SMILES string of the molecule is Nc1cccc2c1C(=O)N(Cc1cnoc1)C2=O. The highest BCUT2D eigenvalue weighted by atomic mass is 16.5. The fourth-order valence-corrected chi connectivity index (χ4v) is 1.99. The summed E-state index contributed by atoms with van der Waals surface area (Å²) in [7, 11) is 0. The minimum absolute atomic E-state index is 0.134. The number of carbonyl (C=O) groups excluding carboxylic acids is 2. The first-order valence-electron chi connectivity index (χ1n) is 5.31. The number of nitrogens with zero attached hydrogens (tertiary/aromatic N) is 2. The van der Waals surface area contributed by atoms with Crippen molar-refractivity contribution in [2.24, 2.45) is 0 Å². The number of fused-ring (bicyclic) bond motifs is 1. The summed E-state index contributed by atoms with van der Waals surface area (Å²) in [5.41, 5.74) is 7.32. The Balaban J connectivity index is 2.00. The molecule has 0 fully saturated rings. The highest BCUT2D eigenvalue weighted by Crippen LogP contribution is 2.28. The summed E-state index contributed by atoms with van der Waals surface area (Å²) in [6.45, 7) is 0.134. The molecule has 0 radical (unpaired) electrons. The number of nitrogens with two attached hydrogens (primary N) is 1. The average molecular weight is 243 g/mol. The maximum absolute atomic E-state index is 12.1. The van der Waals surface area contributed by atoms with Crippen molar-refractivity contribution in [2.75, 3.05) is 5.73 Å². The first-order valence-corrected chi connectivity index (χ1v) is 5.31. The number of rotatable bonds is 2. The van der Waals surface area contributed by atoms with Gasteiger partial charge in [-0.3, -0.25) is 14.5 Å². The minimum Gasteiger partial charge on any atom is -0.398 e. The summed E-state index contributed by atoms with van der Waals surface area (Å²) in [6.07, 6.45) is 2.86. The molecule has 0 unspecified atom stereocenters. The van der Waals surface area contributed by atoms with E-state index in [4.69, 9.17) is 5.73 Å². The van der Waals surface area contributed by atoms with Gasteiger partial charge in [0.1, 0.15) is 6.26 Å². The van der Waals surface area contributed by atoms with Crippen LogP contribution in [0.1, 0.15) is 26.3 Å². The van der Waals surface area contributed by atoms with Gasteiger partial charge >= 0.3 is 0 Å². The summed E-state index contributed by atoms with van der Waals surface area (Å²) in [4.78, 5) is 25.3. The second-order valence-corrected chi connectivity index (χ2v) is 4.00. The van der Waals surface area contributed by atoms with Crippen molar-refractivity contribution in [1.82, 2.24) is 10.1 Å². The lowest BCUT2D eigenvalue weighted by molar-refractivity contribution is 0.0642. The predicted molar refractivity (Wildman–Crippen MR) is 61.6 cm³/mol. The largest absolute Gasteiger partial charge is 0.398 e. The predicted octanol–water partition coefficient (Wildman–Crippen LogP) is 1.05. The Bertz CT molecular complexity index is 634. The number of carbonyl (C=O) groups is 2. The first kappa shape index (κ1) is 10.5. The maximum Gasteiger partial charge on any atom is 0.263 e. The van der Waals surface area contributed by atoms with Crippen LogP contribution in [0.3, 0.4) is 0 Å². The van der Waals surface area contributed by atoms with Crippen LogP contribution < -0.4 is 5.73 Å². The van der Waals surface area contributed by atoms with Gasteiger partial charge < -0.3 is 10.3 Å². The molecule has 0 bridgehead atoms. The molecular formula is C12H9N3O3. The molecule has 0 spiro atoms. The van der Waals surface area contributed by atoms with Crippen LogP contribution in [0, 0.1) is 0 Å². The number of imide groups is 1. The van der Waals surface area contributed by atoms with Crippen LogP contribution in [-0.4, -0.2) is 21.9 Å². The molecule has 18 heavy (non-hydrogen) atoms. The molecule has 1 aliphatic rings. The monoisotopic (exact) mass is 243 g/mol. The summed E-state index contributed by atoms with van der Waals surface area (Å²) >= 11 is 0. The number of nitrogen functional groups attached to an aromatic ring is 1. The molecule has 6 heteroatoms. The molecule has 0 atom stereocenters. The maximum atomic E-state index is 12.1. The molecule has 2 amide bonds. The average Bonchev–Trinajstić information content (AvgIpc) is 2.94. The van der Waals surface area contributed by atoms with E-state index >= 15 is 0 Å². The van der Waals surface area contributed by atoms with Crippen molar-refractivity contribution in [2.45, 2.75) is 6.54 Å². The second kappa shape index (κ2) is 3.69. The molecular weight excluding hydrogens is 234 g/mol. The zero-order chi connectivity index (χ0) is 12.7. The lowest BCUT2D eigenvalue weighted by Crippen LogP contribution is -2.29. The Kier molecular flexibility index (Phi) is 2.16. The van der Waals surface area contributed by atoms with Crippen LogP contribution in [0.4, 0.5) is 5.69 Å². The number of aromatic nitrogens is 1. The van der Waals surface area contributed by atoms with Gasteiger partial charge in [0.25, 0.3) is 11.8 Å². The molecule has 90 valence electrons. The van der Waals surface area contributed by atoms with Gasteiger partial charge in [-0.1, -0.05) is 11.2 Å². The van der Waals surface area contributed by atoms with E-state index in [1.165, 1.54) is 12.5 Å². The van der Waals surface area contributed by atoms with Crippen molar-refractivity contribution in [3.8, 4) is 0 Å². The molecule has 6 nitrogen and oxygen atoms in total. The third-order valence-electron chi connectivity index (χ3n) is 2.86.